The van der Waals surface area contributed by atoms with Gasteiger partial charge in [0.1, 0.15) is 6.04 Å². The Morgan fingerprint density at radius 1 is 1.18 bits per heavy atom. The van der Waals surface area contributed by atoms with Crippen LogP contribution >= 0.6 is 11.6 Å². The molecular formula is C16H13ClN2O3. The van der Waals surface area contributed by atoms with E-state index in [1.54, 1.807) is 42.5 Å². The molecule has 1 aliphatic heterocycles. The van der Waals surface area contributed by atoms with Crippen molar-refractivity contribution in [2.24, 2.45) is 0 Å². The maximum Gasteiger partial charge on any atom is 0.334 e. The normalized spacial score (nSPS) is 16.2. The monoisotopic (exact) mass is 316 g/mol. The molecule has 1 aliphatic rings. The van der Waals surface area contributed by atoms with Crippen LogP contribution in [0.15, 0.2) is 48.5 Å². The standard InChI is InChI=1S/C16H13ClN2O3/c17-10-5-1-2-6-11(10)19-15(20)9-13-16(21)22-14-8-4-3-7-12(14)18-13/h1-8,13,18H,9H2,(H,19,20)/t13-/m0/s1. The van der Waals surface area contributed by atoms with Crippen LogP contribution in [0.5, 0.6) is 5.75 Å². The molecule has 0 aromatic heterocycles. The Morgan fingerprint density at radius 2 is 1.91 bits per heavy atom. The number of carbonyl (C=O) groups is 2. The highest BCUT2D eigenvalue weighted by atomic mass is 35.5. The fraction of sp³-hybridized carbons (Fsp3) is 0.125. The lowest BCUT2D eigenvalue weighted by molar-refractivity contribution is -0.137. The molecular weight excluding hydrogens is 304 g/mol. The highest BCUT2D eigenvalue weighted by Crippen LogP contribution is 2.29. The molecule has 112 valence electrons. The van der Waals surface area contributed by atoms with Crippen molar-refractivity contribution < 1.29 is 14.3 Å². The zero-order valence-electron chi connectivity index (χ0n) is 11.5. The molecule has 2 N–H and O–H groups in total. The zero-order valence-corrected chi connectivity index (χ0v) is 12.3. The van der Waals surface area contributed by atoms with Crippen molar-refractivity contribution in [2.45, 2.75) is 12.5 Å². The molecule has 2 aromatic carbocycles. The van der Waals surface area contributed by atoms with Crippen molar-refractivity contribution in [2.75, 3.05) is 10.6 Å². The van der Waals surface area contributed by atoms with E-state index in [0.717, 1.165) is 0 Å². The van der Waals surface area contributed by atoms with E-state index >= 15 is 0 Å². The van der Waals surface area contributed by atoms with E-state index in [1.165, 1.54) is 0 Å². The van der Waals surface area contributed by atoms with Crippen LogP contribution in [0.3, 0.4) is 0 Å². The van der Waals surface area contributed by atoms with Crippen molar-refractivity contribution in [1.29, 1.82) is 0 Å². The molecule has 1 atom stereocenters. The lowest BCUT2D eigenvalue weighted by Gasteiger charge is -2.25. The van der Waals surface area contributed by atoms with Crippen LogP contribution in [-0.2, 0) is 9.59 Å². The van der Waals surface area contributed by atoms with Crippen LogP contribution in [0, 0.1) is 0 Å². The van der Waals surface area contributed by atoms with Crippen LogP contribution < -0.4 is 15.4 Å². The van der Waals surface area contributed by atoms with Crippen LogP contribution in [0.2, 0.25) is 5.02 Å². The third-order valence-corrected chi connectivity index (χ3v) is 3.58. The second-order valence-corrected chi connectivity index (χ2v) is 5.25. The molecule has 1 amide bonds. The SMILES string of the molecule is O=C(C[C@@H]1Nc2ccccc2OC1=O)Nc1ccccc1Cl. The largest absolute Gasteiger partial charge is 0.423 e. The Hall–Kier alpha value is -2.53. The van der Waals surface area contributed by atoms with Crippen LogP contribution in [-0.4, -0.2) is 17.9 Å². The number of hydrogen-bond acceptors (Lipinski definition) is 4. The van der Waals surface area contributed by atoms with Gasteiger partial charge in [-0.2, -0.15) is 0 Å². The zero-order chi connectivity index (χ0) is 15.5. The number of amides is 1. The number of ether oxygens (including phenoxy) is 1. The molecule has 0 unspecified atom stereocenters. The Labute approximate surface area is 132 Å². The van der Waals surface area contributed by atoms with Gasteiger partial charge in [0.05, 0.1) is 22.8 Å². The summed E-state index contributed by atoms with van der Waals surface area (Å²) in [5.41, 5.74) is 1.20. The van der Waals surface area contributed by atoms with Crippen LogP contribution in [0.25, 0.3) is 0 Å². The van der Waals surface area contributed by atoms with Crippen molar-refractivity contribution >= 4 is 34.9 Å². The quantitative estimate of drug-likeness (QED) is 0.674. The molecule has 1 heterocycles. The van der Waals surface area contributed by atoms with Gasteiger partial charge < -0.3 is 15.4 Å². The molecule has 2 aromatic rings. The molecule has 0 aliphatic carbocycles. The van der Waals surface area contributed by atoms with Gasteiger partial charge in [-0.3, -0.25) is 4.79 Å². The molecule has 0 saturated heterocycles. The Kier molecular flexibility index (Phi) is 3.98. The van der Waals surface area contributed by atoms with Crippen molar-refractivity contribution in [3.8, 4) is 5.75 Å². The fourth-order valence-electron chi connectivity index (χ4n) is 2.18. The number of nitrogens with one attached hydrogen (secondary N) is 2. The van der Waals surface area contributed by atoms with E-state index in [2.05, 4.69) is 10.6 Å². The first-order valence-corrected chi connectivity index (χ1v) is 7.13. The Morgan fingerprint density at radius 3 is 2.73 bits per heavy atom. The highest BCUT2D eigenvalue weighted by molar-refractivity contribution is 6.33. The van der Waals surface area contributed by atoms with Gasteiger partial charge in [-0.05, 0) is 24.3 Å². The van der Waals surface area contributed by atoms with Gasteiger partial charge in [-0.25, -0.2) is 4.79 Å². The number of anilines is 2. The van der Waals surface area contributed by atoms with Gasteiger partial charge in [0.2, 0.25) is 5.91 Å². The first-order valence-electron chi connectivity index (χ1n) is 6.75. The summed E-state index contributed by atoms with van der Waals surface area (Å²) in [5, 5.41) is 6.14. The van der Waals surface area contributed by atoms with E-state index in [1.807, 2.05) is 6.07 Å². The van der Waals surface area contributed by atoms with Crippen molar-refractivity contribution in [3.63, 3.8) is 0 Å². The number of hydrogen-bond donors (Lipinski definition) is 2. The average Bonchev–Trinajstić information content (AvgIpc) is 2.50. The molecule has 22 heavy (non-hydrogen) atoms. The topological polar surface area (TPSA) is 67.4 Å². The molecule has 0 saturated carbocycles. The Bertz CT molecular complexity index is 733. The third-order valence-electron chi connectivity index (χ3n) is 3.25. The number of halogens is 1. The number of fused-ring (bicyclic) bond motifs is 1. The summed E-state index contributed by atoms with van der Waals surface area (Å²) < 4.78 is 5.21. The van der Waals surface area contributed by atoms with E-state index < -0.39 is 12.0 Å². The second-order valence-electron chi connectivity index (χ2n) is 4.85. The second kappa shape index (κ2) is 6.07. The summed E-state index contributed by atoms with van der Waals surface area (Å²) in [7, 11) is 0. The van der Waals surface area contributed by atoms with Gasteiger partial charge in [-0.15, -0.1) is 0 Å². The summed E-state index contributed by atoms with van der Waals surface area (Å²) in [4.78, 5) is 24.0. The molecule has 3 rings (SSSR count). The lowest BCUT2D eigenvalue weighted by atomic mass is 10.1. The molecule has 0 radical (unpaired) electrons. The first-order chi connectivity index (χ1) is 10.6. The first kappa shape index (κ1) is 14.4. The number of rotatable bonds is 3. The van der Waals surface area contributed by atoms with Gasteiger partial charge in [0, 0.05) is 0 Å². The summed E-state index contributed by atoms with van der Waals surface area (Å²) in [5.74, 6) is -0.329. The van der Waals surface area contributed by atoms with Crippen LogP contribution in [0.1, 0.15) is 6.42 Å². The number of para-hydroxylation sites is 3. The lowest BCUT2D eigenvalue weighted by Crippen LogP contribution is -2.39. The molecule has 5 nitrogen and oxygen atoms in total. The minimum atomic E-state index is -0.725. The number of carbonyl (C=O) groups excluding carboxylic acids is 2. The Balaban J connectivity index is 1.67. The number of benzene rings is 2. The smallest absolute Gasteiger partial charge is 0.334 e. The minimum absolute atomic E-state index is 0.0433. The predicted molar refractivity (Wildman–Crippen MR) is 84.2 cm³/mol. The summed E-state index contributed by atoms with van der Waals surface area (Å²) >= 11 is 5.98. The summed E-state index contributed by atoms with van der Waals surface area (Å²) in [6, 6.07) is 13.3. The van der Waals surface area contributed by atoms with Crippen LogP contribution in [0.4, 0.5) is 11.4 Å². The van der Waals surface area contributed by atoms with Crippen molar-refractivity contribution in [3.05, 3.63) is 53.6 Å². The minimum Gasteiger partial charge on any atom is -0.423 e. The highest BCUT2D eigenvalue weighted by Gasteiger charge is 2.29. The fourth-order valence-corrected chi connectivity index (χ4v) is 2.37. The average molecular weight is 317 g/mol. The third kappa shape index (κ3) is 3.04. The van der Waals surface area contributed by atoms with E-state index in [9.17, 15) is 9.59 Å². The van der Waals surface area contributed by atoms with E-state index in [4.69, 9.17) is 16.3 Å². The molecule has 0 spiro atoms. The van der Waals surface area contributed by atoms with Gasteiger partial charge in [-0.1, -0.05) is 35.9 Å². The van der Waals surface area contributed by atoms with E-state index in [0.29, 0.717) is 22.1 Å². The van der Waals surface area contributed by atoms with Gasteiger partial charge in [0.15, 0.2) is 5.75 Å². The maximum absolute atomic E-state index is 12.1. The number of esters is 1. The molecule has 0 bridgehead atoms. The van der Waals surface area contributed by atoms with Crippen molar-refractivity contribution in [1.82, 2.24) is 0 Å². The van der Waals surface area contributed by atoms with E-state index in [-0.39, 0.29) is 12.3 Å². The molecule has 0 fully saturated rings. The van der Waals surface area contributed by atoms with Gasteiger partial charge >= 0.3 is 5.97 Å². The maximum atomic E-state index is 12.1. The summed E-state index contributed by atoms with van der Waals surface area (Å²) in [6.07, 6.45) is -0.0433. The summed E-state index contributed by atoms with van der Waals surface area (Å²) in [6.45, 7) is 0. The predicted octanol–water partition coefficient (Wildman–Crippen LogP) is 3.07. The van der Waals surface area contributed by atoms with Gasteiger partial charge in [0.25, 0.3) is 0 Å². The molecule has 6 heteroatoms.